The van der Waals surface area contributed by atoms with Gasteiger partial charge in [-0.2, -0.15) is 0 Å². The average Bonchev–Trinajstić information content (AvgIpc) is 2.11. The molecule has 0 heterocycles. The Morgan fingerprint density at radius 1 is 1.38 bits per heavy atom. The van der Waals surface area contributed by atoms with Gasteiger partial charge in [-0.3, -0.25) is 0 Å². The van der Waals surface area contributed by atoms with E-state index in [1.54, 1.807) is 6.92 Å². The van der Waals surface area contributed by atoms with Crippen LogP contribution in [0.1, 0.15) is 12.5 Å². The molecule has 13 heavy (non-hydrogen) atoms. The molecule has 0 aromatic heterocycles. The summed E-state index contributed by atoms with van der Waals surface area (Å²) in [5.41, 5.74) is 0.415. The van der Waals surface area contributed by atoms with Gasteiger partial charge in [0.25, 0.3) is 0 Å². The van der Waals surface area contributed by atoms with Gasteiger partial charge in [-0.25, -0.2) is 8.78 Å². The Labute approximate surface area is 75.3 Å². The van der Waals surface area contributed by atoms with Crippen LogP contribution in [0.5, 0.6) is 0 Å². The van der Waals surface area contributed by atoms with Gasteiger partial charge < -0.3 is 5.11 Å². The minimum atomic E-state index is -0.618. The van der Waals surface area contributed by atoms with Crippen LogP contribution in [-0.2, 0) is 0 Å². The third kappa shape index (κ3) is 2.36. The molecule has 0 spiro atoms. The van der Waals surface area contributed by atoms with Crippen molar-refractivity contribution in [2.24, 2.45) is 0 Å². The van der Waals surface area contributed by atoms with Crippen molar-refractivity contribution in [3.05, 3.63) is 41.0 Å². The molecule has 70 valence electrons. The molecule has 0 radical (unpaired) electrons. The lowest BCUT2D eigenvalue weighted by Crippen LogP contribution is -1.90. The van der Waals surface area contributed by atoms with E-state index in [-0.39, 0.29) is 12.2 Å². The summed E-state index contributed by atoms with van der Waals surface area (Å²) >= 11 is 0. The van der Waals surface area contributed by atoms with Crippen LogP contribution in [0.2, 0.25) is 0 Å². The van der Waals surface area contributed by atoms with Crippen LogP contribution < -0.4 is 0 Å². The number of benzene rings is 1. The Hall–Kier alpha value is -1.22. The second-order valence-electron chi connectivity index (χ2n) is 2.78. The summed E-state index contributed by atoms with van der Waals surface area (Å²) in [6.45, 7) is 1.40. The predicted octanol–water partition coefficient (Wildman–Crippen LogP) is 2.36. The highest BCUT2D eigenvalue weighted by atomic mass is 19.1. The van der Waals surface area contributed by atoms with Gasteiger partial charge in [0.15, 0.2) is 0 Å². The number of rotatable bonds is 2. The molecule has 0 bridgehead atoms. The Kier molecular flexibility index (Phi) is 3.14. The van der Waals surface area contributed by atoms with E-state index in [0.29, 0.717) is 5.57 Å². The molecule has 1 N–H and O–H groups in total. The van der Waals surface area contributed by atoms with Gasteiger partial charge in [0.05, 0.1) is 6.61 Å². The number of hydrogen-bond acceptors (Lipinski definition) is 1. The zero-order valence-electron chi connectivity index (χ0n) is 7.22. The van der Waals surface area contributed by atoms with Crippen molar-refractivity contribution in [2.75, 3.05) is 6.61 Å². The zero-order valence-corrected chi connectivity index (χ0v) is 7.22. The van der Waals surface area contributed by atoms with Gasteiger partial charge in [0.2, 0.25) is 0 Å². The van der Waals surface area contributed by atoms with Crippen LogP contribution in [0, 0.1) is 11.6 Å². The second kappa shape index (κ2) is 4.14. The van der Waals surface area contributed by atoms with Crippen molar-refractivity contribution in [2.45, 2.75) is 6.92 Å². The molecule has 0 aliphatic rings. The van der Waals surface area contributed by atoms with Crippen LogP contribution in [0.25, 0.3) is 6.08 Å². The first-order valence-corrected chi connectivity index (χ1v) is 3.87. The second-order valence-corrected chi connectivity index (χ2v) is 2.78. The smallest absolute Gasteiger partial charge is 0.133 e. The Morgan fingerprint density at radius 3 is 2.38 bits per heavy atom. The Balaban J connectivity index is 3.14. The van der Waals surface area contributed by atoms with Crippen LogP contribution in [0.4, 0.5) is 8.78 Å². The zero-order chi connectivity index (χ0) is 9.84. The highest BCUT2D eigenvalue weighted by molar-refractivity contribution is 5.53. The summed E-state index contributed by atoms with van der Waals surface area (Å²) in [4.78, 5) is 0. The third-order valence-electron chi connectivity index (χ3n) is 1.64. The Bertz CT molecular complexity index is 311. The van der Waals surface area contributed by atoms with Crippen molar-refractivity contribution >= 4 is 6.08 Å². The molecule has 1 aromatic carbocycles. The molecular formula is C10H10F2O. The first-order valence-electron chi connectivity index (χ1n) is 3.87. The molecule has 0 atom stereocenters. The lowest BCUT2D eigenvalue weighted by Gasteiger charge is -2.00. The number of halogens is 2. The van der Waals surface area contributed by atoms with Gasteiger partial charge in [-0.05, 0) is 30.7 Å². The summed E-state index contributed by atoms with van der Waals surface area (Å²) in [6.07, 6.45) is 1.30. The van der Waals surface area contributed by atoms with Crippen molar-refractivity contribution in [1.82, 2.24) is 0 Å². The topological polar surface area (TPSA) is 20.2 Å². The van der Waals surface area contributed by atoms with Gasteiger partial charge in [-0.1, -0.05) is 6.07 Å². The molecular weight excluding hydrogens is 174 g/mol. The quantitative estimate of drug-likeness (QED) is 0.748. The minimum absolute atomic E-state index is 0.103. The molecule has 0 amide bonds. The van der Waals surface area contributed by atoms with Crippen molar-refractivity contribution < 1.29 is 13.9 Å². The van der Waals surface area contributed by atoms with Crippen molar-refractivity contribution in [1.29, 1.82) is 0 Å². The summed E-state index contributed by atoms with van der Waals surface area (Å²) < 4.78 is 26.0. The maximum absolute atomic E-state index is 13.0. The molecule has 1 rings (SSSR count). The van der Waals surface area contributed by atoms with E-state index in [0.717, 1.165) is 0 Å². The first kappa shape index (κ1) is 9.86. The van der Waals surface area contributed by atoms with Crippen LogP contribution in [0.3, 0.4) is 0 Å². The Morgan fingerprint density at radius 2 is 1.92 bits per heavy atom. The molecule has 0 saturated carbocycles. The molecule has 0 fully saturated rings. The maximum atomic E-state index is 13.0. The van der Waals surface area contributed by atoms with Crippen LogP contribution in [0.15, 0.2) is 23.8 Å². The van der Waals surface area contributed by atoms with Gasteiger partial charge in [0.1, 0.15) is 11.6 Å². The standard InChI is InChI=1S/C10H10F2O/c1-7(6-13)5-8-9(11)3-2-4-10(8)12/h2-5,13H,6H2,1H3. The van der Waals surface area contributed by atoms with Gasteiger partial charge in [-0.15, -0.1) is 0 Å². The summed E-state index contributed by atoms with van der Waals surface area (Å²) in [7, 11) is 0. The molecule has 0 unspecified atom stereocenters. The van der Waals surface area contributed by atoms with Crippen molar-refractivity contribution in [3.8, 4) is 0 Å². The number of aliphatic hydroxyl groups excluding tert-OH is 1. The summed E-state index contributed by atoms with van der Waals surface area (Å²) in [5, 5.41) is 8.66. The molecule has 0 aliphatic heterocycles. The minimum Gasteiger partial charge on any atom is -0.392 e. The van der Waals surface area contributed by atoms with E-state index in [1.807, 2.05) is 0 Å². The van der Waals surface area contributed by atoms with Gasteiger partial charge in [0, 0.05) is 5.56 Å². The van der Waals surface area contributed by atoms with E-state index in [2.05, 4.69) is 0 Å². The maximum Gasteiger partial charge on any atom is 0.133 e. The van der Waals surface area contributed by atoms with E-state index >= 15 is 0 Å². The third-order valence-corrected chi connectivity index (χ3v) is 1.64. The summed E-state index contributed by atoms with van der Waals surface area (Å²) in [6, 6.07) is 3.66. The van der Waals surface area contributed by atoms with E-state index < -0.39 is 11.6 Å². The van der Waals surface area contributed by atoms with Crippen molar-refractivity contribution in [3.63, 3.8) is 0 Å². The highest BCUT2D eigenvalue weighted by Crippen LogP contribution is 2.15. The average molecular weight is 184 g/mol. The predicted molar refractivity (Wildman–Crippen MR) is 47.1 cm³/mol. The molecule has 1 aromatic rings. The normalized spacial score (nSPS) is 11.8. The van der Waals surface area contributed by atoms with Crippen LogP contribution in [-0.4, -0.2) is 11.7 Å². The fraction of sp³-hybridized carbons (Fsp3) is 0.200. The highest BCUT2D eigenvalue weighted by Gasteiger charge is 2.04. The first-order chi connectivity index (χ1) is 6.15. The fourth-order valence-electron chi connectivity index (χ4n) is 0.941. The molecule has 1 nitrogen and oxygen atoms in total. The monoisotopic (exact) mass is 184 g/mol. The number of aliphatic hydroxyl groups is 1. The SMILES string of the molecule is CC(=Cc1c(F)cccc1F)CO. The lowest BCUT2D eigenvalue weighted by atomic mass is 10.1. The van der Waals surface area contributed by atoms with E-state index in [1.165, 1.54) is 24.3 Å². The molecule has 0 aliphatic carbocycles. The number of hydrogen-bond donors (Lipinski definition) is 1. The van der Waals surface area contributed by atoms with Gasteiger partial charge >= 0.3 is 0 Å². The van der Waals surface area contributed by atoms with E-state index in [9.17, 15) is 8.78 Å². The largest absolute Gasteiger partial charge is 0.392 e. The van der Waals surface area contributed by atoms with E-state index in [4.69, 9.17) is 5.11 Å². The van der Waals surface area contributed by atoms with Crippen LogP contribution >= 0.6 is 0 Å². The fourth-order valence-corrected chi connectivity index (χ4v) is 0.941. The summed E-state index contributed by atoms with van der Waals surface area (Å²) in [5.74, 6) is -1.24. The molecule has 3 heteroatoms. The lowest BCUT2D eigenvalue weighted by molar-refractivity contribution is 0.332. The molecule has 0 saturated heterocycles.